The number of rotatable bonds is 7. The number of piperazine rings is 1. The molecule has 1 aromatic rings. The van der Waals surface area contributed by atoms with Crippen LogP contribution in [0.4, 0.5) is 5.69 Å². The Morgan fingerprint density at radius 2 is 1.79 bits per heavy atom. The van der Waals surface area contributed by atoms with E-state index in [1.165, 1.54) is 5.69 Å². The van der Waals surface area contributed by atoms with Gasteiger partial charge >= 0.3 is 0 Å². The lowest BCUT2D eigenvalue weighted by atomic mass is 10.1. The number of aliphatic hydroxyl groups excluding tert-OH is 1. The van der Waals surface area contributed by atoms with Crippen LogP contribution in [0.25, 0.3) is 0 Å². The SMILES string of the molecule is CCCC(O)CNC(=O)c1ccc(N2CCN(C(C)C)CC2)cc1. The molecule has 2 rings (SSSR count). The highest BCUT2D eigenvalue weighted by Gasteiger charge is 2.19. The monoisotopic (exact) mass is 333 g/mol. The van der Waals surface area contributed by atoms with E-state index in [9.17, 15) is 9.90 Å². The molecule has 0 radical (unpaired) electrons. The molecule has 134 valence electrons. The Hall–Kier alpha value is -1.59. The first-order valence-electron chi connectivity index (χ1n) is 9.06. The number of hydrogen-bond donors (Lipinski definition) is 2. The molecule has 0 aliphatic carbocycles. The normalized spacial score (nSPS) is 17.1. The van der Waals surface area contributed by atoms with Gasteiger partial charge in [-0.25, -0.2) is 0 Å². The number of carbonyl (C=O) groups is 1. The van der Waals surface area contributed by atoms with E-state index in [0.717, 1.165) is 32.6 Å². The first-order chi connectivity index (χ1) is 11.5. The fourth-order valence-electron chi connectivity index (χ4n) is 3.07. The first kappa shape index (κ1) is 18.7. The zero-order valence-electron chi connectivity index (χ0n) is 15.2. The molecule has 0 saturated carbocycles. The number of anilines is 1. The predicted molar refractivity (Wildman–Crippen MR) is 98.6 cm³/mol. The van der Waals surface area contributed by atoms with Gasteiger partial charge in [-0.1, -0.05) is 13.3 Å². The highest BCUT2D eigenvalue weighted by Crippen LogP contribution is 2.18. The summed E-state index contributed by atoms with van der Waals surface area (Å²) in [5.74, 6) is -0.124. The summed E-state index contributed by atoms with van der Waals surface area (Å²) in [5, 5.41) is 12.5. The van der Waals surface area contributed by atoms with Crippen LogP contribution in [0.2, 0.25) is 0 Å². The minimum Gasteiger partial charge on any atom is -0.391 e. The van der Waals surface area contributed by atoms with E-state index in [0.29, 0.717) is 24.6 Å². The summed E-state index contributed by atoms with van der Waals surface area (Å²) in [6.45, 7) is 11.0. The second-order valence-corrected chi connectivity index (χ2v) is 6.82. The van der Waals surface area contributed by atoms with Gasteiger partial charge in [0.15, 0.2) is 0 Å². The number of nitrogens with zero attached hydrogens (tertiary/aromatic N) is 2. The van der Waals surface area contributed by atoms with Gasteiger partial charge in [-0.05, 0) is 44.5 Å². The molecule has 1 saturated heterocycles. The van der Waals surface area contributed by atoms with Gasteiger partial charge in [0.05, 0.1) is 6.10 Å². The number of carbonyl (C=O) groups excluding carboxylic acids is 1. The number of amides is 1. The molecule has 0 spiro atoms. The van der Waals surface area contributed by atoms with Crippen molar-refractivity contribution in [2.75, 3.05) is 37.6 Å². The molecule has 1 aromatic carbocycles. The molecule has 5 nitrogen and oxygen atoms in total. The van der Waals surface area contributed by atoms with Gasteiger partial charge in [-0.2, -0.15) is 0 Å². The Balaban J connectivity index is 1.85. The lowest BCUT2D eigenvalue weighted by Gasteiger charge is -2.38. The average Bonchev–Trinajstić information content (AvgIpc) is 2.60. The van der Waals surface area contributed by atoms with Crippen LogP contribution in [0.1, 0.15) is 44.0 Å². The lowest BCUT2D eigenvalue weighted by molar-refractivity contribution is 0.0910. The quantitative estimate of drug-likeness (QED) is 0.802. The van der Waals surface area contributed by atoms with E-state index in [1.807, 2.05) is 31.2 Å². The van der Waals surface area contributed by atoms with E-state index >= 15 is 0 Å². The molecule has 1 unspecified atom stereocenters. The molecule has 1 heterocycles. The van der Waals surface area contributed by atoms with Gasteiger partial charge < -0.3 is 15.3 Å². The second-order valence-electron chi connectivity index (χ2n) is 6.82. The fourth-order valence-corrected chi connectivity index (χ4v) is 3.07. The van der Waals surface area contributed by atoms with Crippen LogP contribution in [0, 0.1) is 0 Å². The highest BCUT2D eigenvalue weighted by molar-refractivity contribution is 5.94. The summed E-state index contributed by atoms with van der Waals surface area (Å²) in [7, 11) is 0. The Kier molecular flexibility index (Phi) is 7.06. The molecule has 1 amide bonds. The minimum absolute atomic E-state index is 0.124. The van der Waals surface area contributed by atoms with Crippen LogP contribution in [0.3, 0.4) is 0 Å². The standard InChI is InChI=1S/C19H31N3O2/c1-4-5-18(23)14-20-19(24)16-6-8-17(9-7-16)22-12-10-21(11-13-22)15(2)3/h6-9,15,18,23H,4-5,10-14H2,1-3H3,(H,20,24). The Morgan fingerprint density at radius 3 is 2.33 bits per heavy atom. The molecule has 1 atom stereocenters. The van der Waals surface area contributed by atoms with Crippen LogP contribution in [-0.4, -0.2) is 60.8 Å². The molecular weight excluding hydrogens is 302 g/mol. The molecular formula is C19H31N3O2. The van der Waals surface area contributed by atoms with Gasteiger partial charge in [-0.3, -0.25) is 9.69 Å². The lowest BCUT2D eigenvalue weighted by Crippen LogP contribution is -2.48. The third kappa shape index (κ3) is 5.21. The third-order valence-electron chi connectivity index (χ3n) is 4.66. The van der Waals surface area contributed by atoms with Gasteiger partial charge in [0.2, 0.25) is 0 Å². The van der Waals surface area contributed by atoms with Crippen molar-refractivity contribution < 1.29 is 9.90 Å². The van der Waals surface area contributed by atoms with E-state index in [-0.39, 0.29) is 5.91 Å². The van der Waals surface area contributed by atoms with Crippen LogP contribution in [-0.2, 0) is 0 Å². The van der Waals surface area contributed by atoms with Crippen LogP contribution >= 0.6 is 0 Å². The van der Waals surface area contributed by atoms with Crippen LogP contribution in [0.15, 0.2) is 24.3 Å². The highest BCUT2D eigenvalue weighted by atomic mass is 16.3. The second kappa shape index (κ2) is 9.04. The number of benzene rings is 1. The zero-order chi connectivity index (χ0) is 17.5. The van der Waals surface area contributed by atoms with Crippen molar-refractivity contribution in [3.05, 3.63) is 29.8 Å². The van der Waals surface area contributed by atoms with Crippen molar-refractivity contribution in [3.8, 4) is 0 Å². The number of nitrogens with one attached hydrogen (secondary N) is 1. The molecule has 5 heteroatoms. The maximum Gasteiger partial charge on any atom is 0.251 e. The predicted octanol–water partition coefficient (Wildman–Crippen LogP) is 2.11. The van der Waals surface area contributed by atoms with E-state index in [1.54, 1.807) is 0 Å². The van der Waals surface area contributed by atoms with Crippen LogP contribution in [0.5, 0.6) is 0 Å². The zero-order valence-corrected chi connectivity index (χ0v) is 15.2. The largest absolute Gasteiger partial charge is 0.391 e. The van der Waals surface area contributed by atoms with Gasteiger partial charge in [0, 0.05) is 50.0 Å². The molecule has 1 aliphatic heterocycles. The first-order valence-corrected chi connectivity index (χ1v) is 9.06. The Bertz CT molecular complexity index is 508. The average molecular weight is 333 g/mol. The minimum atomic E-state index is -0.463. The van der Waals surface area contributed by atoms with E-state index in [2.05, 4.69) is 29.0 Å². The molecule has 0 bridgehead atoms. The summed E-state index contributed by atoms with van der Waals surface area (Å²) in [6.07, 6.45) is 1.16. The molecule has 24 heavy (non-hydrogen) atoms. The summed E-state index contributed by atoms with van der Waals surface area (Å²) >= 11 is 0. The summed E-state index contributed by atoms with van der Waals surface area (Å²) in [6, 6.07) is 8.36. The molecule has 2 N–H and O–H groups in total. The van der Waals surface area contributed by atoms with Crippen molar-refractivity contribution in [2.45, 2.75) is 45.8 Å². The maximum absolute atomic E-state index is 12.1. The molecule has 0 aromatic heterocycles. The summed E-state index contributed by atoms with van der Waals surface area (Å²) < 4.78 is 0. The van der Waals surface area contributed by atoms with Crippen LogP contribution < -0.4 is 10.2 Å². The summed E-state index contributed by atoms with van der Waals surface area (Å²) in [4.78, 5) is 17.0. The van der Waals surface area contributed by atoms with Gasteiger partial charge in [-0.15, -0.1) is 0 Å². The van der Waals surface area contributed by atoms with Gasteiger partial charge in [0.25, 0.3) is 5.91 Å². The Morgan fingerprint density at radius 1 is 1.17 bits per heavy atom. The van der Waals surface area contributed by atoms with E-state index < -0.39 is 6.10 Å². The van der Waals surface area contributed by atoms with Crippen molar-refractivity contribution in [3.63, 3.8) is 0 Å². The fraction of sp³-hybridized carbons (Fsp3) is 0.632. The number of hydrogen-bond acceptors (Lipinski definition) is 4. The van der Waals surface area contributed by atoms with Crippen molar-refractivity contribution in [1.82, 2.24) is 10.2 Å². The van der Waals surface area contributed by atoms with Gasteiger partial charge in [0.1, 0.15) is 0 Å². The summed E-state index contributed by atoms with van der Waals surface area (Å²) in [5.41, 5.74) is 1.81. The maximum atomic E-state index is 12.1. The number of aliphatic hydroxyl groups is 1. The Labute approximate surface area is 145 Å². The van der Waals surface area contributed by atoms with E-state index in [4.69, 9.17) is 0 Å². The molecule has 1 aliphatic rings. The van der Waals surface area contributed by atoms with Crippen molar-refractivity contribution in [1.29, 1.82) is 0 Å². The molecule has 1 fully saturated rings. The topological polar surface area (TPSA) is 55.8 Å². The smallest absolute Gasteiger partial charge is 0.251 e. The van der Waals surface area contributed by atoms with Crippen molar-refractivity contribution >= 4 is 11.6 Å². The van der Waals surface area contributed by atoms with Crippen molar-refractivity contribution in [2.24, 2.45) is 0 Å². The third-order valence-corrected chi connectivity index (χ3v) is 4.66.